The molecule has 0 bridgehead atoms. The second-order valence-corrected chi connectivity index (χ2v) is 4.45. The predicted molar refractivity (Wildman–Crippen MR) is 67.0 cm³/mol. The topological polar surface area (TPSA) is 43.1 Å². The number of allylic oxidation sites excluding steroid dienone is 1. The minimum absolute atomic E-state index is 0.0571. The van der Waals surface area contributed by atoms with Crippen molar-refractivity contribution in [1.82, 2.24) is 0 Å². The lowest BCUT2D eigenvalue weighted by Gasteiger charge is -2.23. The van der Waals surface area contributed by atoms with Gasteiger partial charge in [0.25, 0.3) is 0 Å². The summed E-state index contributed by atoms with van der Waals surface area (Å²) in [6, 6.07) is 9.48. The molecule has 0 saturated carbocycles. The molecule has 1 aromatic carbocycles. The van der Waals surface area contributed by atoms with E-state index in [1.54, 1.807) is 6.92 Å². The van der Waals surface area contributed by atoms with Crippen LogP contribution < -0.4 is 5.73 Å². The normalized spacial score (nSPS) is 14.2. The molecular weight excluding hydrogens is 198 g/mol. The van der Waals surface area contributed by atoms with Crippen LogP contribution in [-0.2, 0) is 10.3 Å². The summed E-state index contributed by atoms with van der Waals surface area (Å²) in [5, 5.41) is 0. The molecule has 0 saturated heterocycles. The maximum atomic E-state index is 12.0. The third kappa shape index (κ3) is 3.04. The zero-order chi connectivity index (χ0) is 12.2. The van der Waals surface area contributed by atoms with E-state index in [0.717, 1.165) is 11.1 Å². The summed E-state index contributed by atoms with van der Waals surface area (Å²) in [6.45, 7) is 7.48. The van der Waals surface area contributed by atoms with Crippen molar-refractivity contribution in [2.75, 3.05) is 0 Å². The number of rotatable bonds is 5. The molecular formula is C14H19NO. The lowest BCUT2D eigenvalue weighted by Crippen LogP contribution is -2.41. The summed E-state index contributed by atoms with van der Waals surface area (Å²) < 4.78 is 0. The Morgan fingerprint density at radius 1 is 1.31 bits per heavy atom. The highest BCUT2D eigenvalue weighted by atomic mass is 16.1. The third-order valence-electron chi connectivity index (χ3n) is 2.73. The highest BCUT2D eigenvalue weighted by Crippen LogP contribution is 2.21. The van der Waals surface area contributed by atoms with Gasteiger partial charge in [-0.05, 0) is 25.8 Å². The van der Waals surface area contributed by atoms with Gasteiger partial charge in [-0.25, -0.2) is 0 Å². The molecule has 0 spiro atoms. The molecule has 1 unspecified atom stereocenters. The molecule has 2 N–H and O–H groups in total. The molecule has 0 radical (unpaired) electrons. The highest BCUT2D eigenvalue weighted by Gasteiger charge is 2.29. The molecule has 0 aliphatic rings. The largest absolute Gasteiger partial charge is 0.315 e. The fourth-order valence-electron chi connectivity index (χ4n) is 1.53. The van der Waals surface area contributed by atoms with Crippen LogP contribution in [0.3, 0.4) is 0 Å². The Hall–Kier alpha value is -1.41. The zero-order valence-electron chi connectivity index (χ0n) is 9.99. The summed E-state index contributed by atoms with van der Waals surface area (Å²) >= 11 is 0. The number of carbonyl (C=O) groups is 1. The van der Waals surface area contributed by atoms with Crippen molar-refractivity contribution in [1.29, 1.82) is 0 Å². The Labute approximate surface area is 97.2 Å². The first-order valence-corrected chi connectivity index (χ1v) is 5.46. The number of Topliss-reactive ketones (excluding diaryl/α,β-unsaturated/α-hetero) is 1. The molecule has 2 heteroatoms. The molecule has 0 heterocycles. The van der Waals surface area contributed by atoms with Crippen molar-refractivity contribution in [3.05, 3.63) is 48.0 Å². The number of hydrogen-bond donors (Lipinski definition) is 1. The predicted octanol–water partition coefficient (Wildman–Crippen LogP) is 2.79. The van der Waals surface area contributed by atoms with E-state index < -0.39 is 5.54 Å². The average Bonchev–Trinajstić information content (AvgIpc) is 2.27. The molecule has 1 atom stereocenters. The van der Waals surface area contributed by atoms with Crippen molar-refractivity contribution >= 4 is 5.78 Å². The summed E-state index contributed by atoms with van der Waals surface area (Å²) in [6.07, 6.45) is 1.16. The molecule has 0 aromatic heterocycles. The van der Waals surface area contributed by atoms with Crippen molar-refractivity contribution in [2.45, 2.75) is 32.2 Å². The van der Waals surface area contributed by atoms with Crippen LogP contribution in [0.2, 0.25) is 0 Å². The van der Waals surface area contributed by atoms with Gasteiger partial charge in [0.05, 0.1) is 5.54 Å². The molecule has 86 valence electrons. The van der Waals surface area contributed by atoms with Crippen LogP contribution >= 0.6 is 0 Å². The molecule has 16 heavy (non-hydrogen) atoms. The van der Waals surface area contributed by atoms with Crippen LogP contribution in [0, 0.1) is 0 Å². The Bertz CT molecular complexity index is 379. The summed E-state index contributed by atoms with van der Waals surface area (Å²) in [7, 11) is 0. The first-order valence-electron chi connectivity index (χ1n) is 5.46. The summed E-state index contributed by atoms with van der Waals surface area (Å²) in [5.41, 5.74) is 7.07. The van der Waals surface area contributed by atoms with E-state index in [-0.39, 0.29) is 5.78 Å². The van der Waals surface area contributed by atoms with Gasteiger partial charge < -0.3 is 5.73 Å². The lowest BCUT2D eigenvalue weighted by atomic mass is 9.86. The van der Waals surface area contributed by atoms with Gasteiger partial charge in [-0.3, -0.25) is 4.79 Å². The first kappa shape index (κ1) is 12.7. The van der Waals surface area contributed by atoms with E-state index in [2.05, 4.69) is 6.58 Å². The van der Waals surface area contributed by atoms with Crippen LogP contribution in [0.1, 0.15) is 32.3 Å². The van der Waals surface area contributed by atoms with Gasteiger partial charge in [0.1, 0.15) is 0 Å². The van der Waals surface area contributed by atoms with E-state index in [1.807, 2.05) is 37.3 Å². The molecule has 0 fully saturated rings. The lowest BCUT2D eigenvalue weighted by molar-refractivity contribution is -0.123. The Kier molecular flexibility index (Phi) is 4.02. The van der Waals surface area contributed by atoms with Gasteiger partial charge in [-0.15, -0.1) is 6.58 Å². The minimum Gasteiger partial charge on any atom is -0.315 e. The van der Waals surface area contributed by atoms with Crippen molar-refractivity contribution in [2.24, 2.45) is 5.73 Å². The van der Waals surface area contributed by atoms with E-state index in [4.69, 9.17) is 5.73 Å². The number of hydrogen-bond acceptors (Lipinski definition) is 2. The number of benzene rings is 1. The third-order valence-corrected chi connectivity index (χ3v) is 2.73. The number of ketones is 1. The van der Waals surface area contributed by atoms with E-state index in [9.17, 15) is 4.79 Å². The quantitative estimate of drug-likeness (QED) is 0.771. The fraction of sp³-hybridized carbons (Fsp3) is 0.357. The maximum absolute atomic E-state index is 12.0. The second kappa shape index (κ2) is 5.08. The van der Waals surface area contributed by atoms with Gasteiger partial charge >= 0.3 is 0 Å². The molecule has 0 amide bonds. The smallest absolute Gasteiger partial charge is 0.157 e. The van der Waals surface area contributed by atoms with Crippen LogP contribution in [0.25, 0.3) is 0 Å². The van der Waals surface area contributed by atoms with E-state index in [1.165, 1.54) is 0 Å². The van der Waals surface area contributed by atoms with Crippen molar-refractivity contribution < 1.29 is 4.79 Å². The number of carbonyl (C=O) groups excluding carboxylic acids is 1. The number of nitrogens with two attached hydrogens (primary N) is 1. The van der Waals surface area contributed by atoms with Gasteiger partial charge in [0.2, 0.25) is 0 Å². The highest BCUT2D eigenvalue weighted by molar-refractivity contribution is 5.89. The van der Waals surface area contributed by atoms with Gasteiger partial charge in [-0.1, -0.05) is 35.9 Å². The summed E-state index contributed by atoms with van der Waals surface area (Å²) in [5.74, 6) is 0.0571. The van der Waals surface area contributed by atoms with Crippen LogP contribution in [0.4, 0.5) is 0 Å². The Morgan fingerprint density at radius 2 is 1.88 bits per heavy atom. The van der Waals surface area contributed by atoms with Gasteiger partial charge in [0, 0.05) is 6.42 Å². The van der Waals surface area contributed by atoms with Crippen LogP contribution in [0.15, 0.2) is 42.5 Å². The summed E-state index contributed by atoms with van der Waals surface area (Å²) in [4.78, 5) is 12.0. The maximum Gasteiger partial charge on any atom is 0.157 e. The van der Waals surface area contributed by atoms with Crippen molar-refractivity contribution in [3.63, 3.8) is 0 Å². The minimum atomic E-state index is -0.892. The van der Waals surface area contributed by atoms with Crippen LogP contribution in [-0.4, -0.2) is 5.78 Å². The average molecular weight is 217 g/mol. The second-order valence-electron chi connectivity index (χ2n) is 4.45. The monoisotopic (exact) mass is 217 g/mol. The van der Waals surface area contributed by atoms with E-state index >= 15 is 0 Å². The first-order chi connectivity index (χ1) is 7.44. The van der Waals surface area contributed by atoms with Crippen molar-refractivity contribution in [3.8, 4) is 0 Å². The fourth-order valence-corrected chi connectivity index (χ4v) is 1.53. The van der Waals surface area contributed by atoms with Gasteiger partial charge in [0.15, 0.2) is 5.78 Å². The standard InChI is InChI=1S/C14H19NO/c1-11(2)9-10-13(16)14(3,15)12-7-5-4-6-8-12/h4-8H,1,9-10,15H2,2-3H3. The molecule has 2 nitrogen and oxygen atoms in total. The SMILES string of the molecule is C=C(C)CCC(=O)C(C)(N)c1ccccc1. The zero-order valence-corrected chi connectivity index (χ0v) is 9.99. The molecule has 0 aliphatic heterocycles. The molecule has 1 aromatic rings. The Morgan fingerprint density at radius 3 is 2.38 bits per heavy atom. The Balaban J connectivity index is 2.78. The van der Waals surface area contributed by atoms with Crippen LogP contribution in [0.5, 0.6) is 0 Å². The molecule has 1 rings (SSSR count). The van der Waals surface area contributed by atoms with Gasteiger partial charge in [-0.2, -0.15) is 0 Å². The van der Waals surface area contributed by atoms with E-state index in [0.29, 0.717) is 12.8 Å². The molecule has 0 aliphatic carbocycles.